The van der Waals surface area contributed by atoms with Crippen LogP contribution in [0, 0.1) is 0 Å². The van der Waals surface area contributed by atoms with Crippen LogP contribution in [-0.2, 0) is 0 Å². The summed E-state index contributed by atoms with van der Waals surface area (Å²) in [6, 6.07) is 10.7. The van der Waals surface area contributed by atoms with Gasteiger partial charge in [0, 0.05) is 12.4 Å². The minimum Gasteiger partial charge on any atom is -0.494 e. The van der Waals surface area contributed by atoms with Gasteiger partial charge in [-0.1, -0.05) is 0 Å². The number of hydrogen-bond acceptors (Lipinski definition) is 6. The second-order valence-electron chi connectivity index (χ2n) is 5.26. The number of nitrogens with one attached hydrogen (secondary N) is 1. The van der Waals surface area contributed by atoms with Crippen LogP contribution in [0.1, 0.15) is 17.4 Å². The van der Waals surface area contributed by atoms with E-state index in [4.69, 9.17) is 9.47 Å². The van der Waals surface area contributed by atoms with Gasteiger partial charge >= 0.3 is 0 Å². The fourth-order valence-corrected chi connectivity index (χ4v) is 2.20. The molecule has 1 N–H and O–H groups in total. The Morgan fingerprint density at radius 2 is 1.85 bits per heavy atom. The summed E-state index contributed by atoms with van der Waals surface area (Å²) >= 11 is 0. The molecule has 134 valence electrons. The zero-order chi connectivity index (χ0) is 18.2. The second kappa shape index (κ2) is 8.61. The van der Waals surface area contributed by atoms with Gasteiger partial charge in [0.05, 0.1) is 13.2 Å². The lowest BCUT2D eigenvalue weighted by Crippen LogP contribution is -2.29. The molecule has 0 atom stereocenters. The van der Waals surface area contributed by atoms with E-state index in [9.17, 15) is 4.79 Å². The summed E-state index contributed by atoms with van der Waals surface area (Å²) in [5.41, 5.74) is 0.245. The molecule has 1 amide bonds. The summed E-state index contributed by atoms with van der Waals surface area (Å²) in [5.74, 6) is 1.81. The number of amides is 1. The van der Waals surface area contributed by atoms with Crippen molar-refractivity contribution in [2.24, 2.45) is 0 Å². The summed E-state index contributed by atoms with van der Waals surface area (Å²) in [5, 5.41) is 10.7. The first-order valence-electron chi connectivity index (χ1n) is 8.22. The van der Waals surface area contributed by atoms with E-state index in [0.717, 1.165) is 5.75 Å². The molecule has 3 rings (SSSR count). The average Bonchev–Trinajstić information content (AvgIpc) is 3.21. The maximum atomic E-state index is 12.1. The number of hydrogen-bond donors (Lipinski definition) is 1. The van der Waals surface area contributed by atoms with E-state index >= 15 is 0 Å². The maximum Gasteiger partial charge on any atom is 0.271 e. The number of imidazole rings is 1. The summed E-state index contributed by atoms with van der Waals surface area (Å²) in [6.45, 7) is 3.26. The second-order valence-corrected chi connectivity index (χ2v) is 5.26. The Labute approximate surface area is 150 Å². The molecule has 26 heavy (non-hydrogen) atoms. The topological polar surface area (TPSA) is 91.2 Å². The molecule has 8 heteroatoms. The predicted octanol–water partition coefficient (Wildman–Crippen LogP) is 1.87. The first-order chi connectivity index (χ1) is 12.8. The van der Waals surface area contributed by atoms with Gasteiger partial charge in [-0.3, -0.25) is 9.36 Å². The molecule has 0 unspecified atom stereocenters. The molecule has 0 aliphatic heterocycles. The van der Waals surface area contributed by atoms with E-state index in [0.29, 0.717) is 31.3 Å². The number of carbonyl (C=O) groups is 1. The van der Waals surface area contributed by atoms with Gasteiger partial charge in [-0.25, -0.2) is 4.98 Å². The molecular formula is C18H19N5O3. The number of ether oxygens (including phenoxy) is 2. The van der Waals surface area contributed by atoms with E-state index in [1.807, 2.05) is 31.2 Å². The van der Waals surface area contributed by atoms with Crippen LogP contribution in [0.4, 0.5) is 0 Å². The lowest BCUT2D eigenvalue weighted by molar-refractivity contribution is 0.0941. The van der Waals surface area contributed by atoms with Crippen molar-refractivity contribution in [2.45, 2.75) is 6.92 Å². The highest BCUT2D eigenvalue weighted by atomic mass is 16.5. The Balaban J connectivity index is 1.43. The summed E-state index contributed by atoms with van der Waals surface area (Å²) in [7, 11) is 0. The third kappa shape index (κ3) is 4.56. The predicted molar refractivity (Wildman–Crippen MR) is 94.6 cm³/mol. The van der Waals surface area contributed by atoms with E-state index in [-0.39, 0.29) is 11.6 Å². The first-order valence-corrected chi connectivity index (χ1v) is 8.22. The highest BCUT2D eigenvalue weighted by molar-refractivity contribution is 5.92. The quantitative estimate of drug-likeness (QED) is 0.622. The van der Waals surface area contributed by atoms with Crippen molar-refractivity contribution in [1.29, 1.82) is 0 Å². The Bertz CT molecular complexity index is 817. The lowest BCUT2D eigenvalue weighted by atomic mass is 10.3. The molecule has 0 bridgehead atoms. The van der Waals surface area contributed by atoms with Gasteiger partial charge in [0.15, 0.2) is 11.5 Å². The van der Waals surface area contributed by atoms with Gasteiger partial charge in [0.25, 0.3) is 5.91 Å². The molecule has 8 nitrogen and oxygen atoms in total. The van der Waals surface area contributed by atoms with Gasteiger partial charge in [0.2, 0.25) is 0 Å². The van der Waals surface area contributed by atoms with Gasteiger partial charge in [-0.2, -0.15) is 0 Å². The molecule has 3 aromatic rings. The third-order valence-corrected chi connectivity index (χ3v) is 3.44. The van der Waals surface area contributed by atoms with E-state index in [1.165, 1.54) is 0 Å². The number of rotatable bonds is 8. The average molecular weight is 353 g/mol. The Hall–Kier alpha value is -3.42. The number of nitrogens with zero attached hydrogens (tertiary/aromatic N) is 4. The monoisotopic (exact) mass is 353 g/mol. The Kier molecular flexibility index (Phi) is 5.76. The normalized spacial score (nSPS) is 10.3. The fourth-order valence-electron chi connectivity index (χ4n) is 2.20. The van der Waals surface area contributed by atoms with Crippen LogP contribution in [-0.4, -0.2) is 45.4 Å². The molecule has 0 radical (unpaired) electrons. The fraction of sp³-hybridized carbons (Fsp3) is 0.222. The number of benzene rings is 1. The van der Waals surface area contributed by atoms with Crippen LogP contribution in [0.2, 0.25) is 0 Å². The highest BCUT2D eigenvalue weighted by Crippen LogP contribution is 2.17. The van der Waals surface area contributed by atoms with Gasteiger partial charge in [-0.15, -0.1) is 10.2 Å². The zero-order valence-electron chi connectivity index (χ0n) is 14.3. The Morgan fingerprint density at radius 1 is 1.08 bits per heavy atom. The Morgan fingerprint density at radius 3 is 2.46 bits per heavy atom. The largest absolute Gasteiger partial charge is 0.494 e. The third-order valence-electron chi connectivity index (χ3n) is 3.44. The van der Waals surface area contributed by atoms with Crippen molar-refractivity contribution in [1.82, 2.24) is 25.1 Å². The molecule has 1 aromatic carbocycles. The van der Waals surface area contributed by atoms with Crippen LogP contribution < -0.4 is 14.8 Å². The summed E-state index contributed by atoms with van der Waals surface area (Å²) in [6.07, 6.45) is 5.01. The molecule has 2 heterocycles. The molecule has 0 saturated heterocycles. The van der Waals surface area contributed by atoms with Gasteiger partial charge in [0.1, 0.15) is 24.4 Å². The minimum atomic E-state index is -0.301. The smallest absolute Gasteiger partial charge is 0.271 e. The van der Waals surface area contributed by atoms with Crippen LogP contribution in [0.25, 0.3) is 5.82 Å². The molecular weight excluding hydrogens is 334 g/mol. The maximum absolute atomic E-state index is 12.1. The van der Waals surface area contributed by atoms with Crippen LogP contribution in [0.15, 0.2) is 55.1 Å². The van der Waals surface area contributed by atoms with Crippen molar-refractivity contribution in [3.05, 3.63) is 60.8 Å². The van der Waals surface area contributed by atoms with Crippen LogP contribution in [0.5, 0.6) is 11.5 Å². The van der Waals surface area contributed by atoms with E-state index in [1.54, 1.807) is 35.4 Å². The van der Waals surface area contributed by atoms with Crippen molar-refractivity contribution < 1.29 is 14.3 Å². The van der Waals surface area contributed by atoms with Gasteiger partial charge in [-0.05, 0) is 43.3 Å². The standard InChI is InChI=1S/C18H19N5O3/c1-2-25-14-3-5-15(6-4-14)26-12-10-20-18(24)16-7-8-17(22-21-16)23-11-9-19-13-23/h3-9,11,13H,2,10,12H2,1H3,(H,20,24). The molecule has 2 aromatic heterocycles. The minimum absolute atomic E-state index is 0.245. The first kappa shape index (κ1) is 17.4. The number of carbonyl (C=O) groups excluding carboxylic acids is 1. The van der Waals surface area contributed by atoms with Crippen LogP contribution in [0.3, 0.4) is 0 Å². The summed E-state index contributed by atoms with van der Waals surface area (Å²) < 4.78 is 12.7. The van der Waals surface area contributed by atoms with Crippen molar-refractivity contribution in [2.75, 3.05) is 19.8 Å². The van der Waals surface area contributed by atoms with Crippen molar-refractivity contribution >= 4 is 5.91 Å². The highest BCUT2D eigenvalue weighted by Gasteiger charge is 2.08. The lowest BCUT2D eigenvalue weighted by Gasteiger charge is -2.08. The SMILES string of the molecule is CCOc1ccc(OCCNC(=O)c2ccc(-n3ccnc3)nn2)cc1. The van der Waals surface area contributed by atoms with E-state index < -0.39 is 0 Å². The van der Waals surface area contributed by atoms with Crippen molar-refractivity contribution in [3.8, 4) is 17.3 Å². The number of aromatic nitrogens is 4. The zero-order valence-corrected chi connectivity index (χ0v) is 14.3. The molecule has 0 aliphatic carbocycles. The van der Waals surface area contributed by atoms with Gasteiger partial charge < -0.3 is 14.8 Å². The molecule has 0 fully saturated rings. The molecule has 0 spiro atoms. The summed E-state index contributed by atoms with van der Waals surface area (Å²) in [4.78, 5) is 16.0. The van der Waals surface area contributed by atoms with Crippen molar-refractivity contribution in [3.63, 3.8) is 0 Å². The van der Waals surface area contributed by atoms with Crippen LogP contribution >= 0.6 is 0 Å². The molecule has 0 saturated carbocycles. The van der Waals surface area contributed by atoms with E-state index in [2.05, 4.69) is 20.5 Å². The molecule has 0 aliphatic rings.